The number of hydrogen-bond donors (Lipinski definition) is 5. The van der Waals surface area contributed by atoms with E-state index >= 15 is 0 Å². The minimum Gasteiger partial charge on any atom is -0.387 e. The van der Waals surface area contributed by atoms with Crippen LogP contribution in [0.5, 0.6) is 0 Å². The largest absolute Gasteiger partial charge is 0.387 e. The van der Waals surface area contributed by atoms with E-state index in [2.05, 4.69) is 55.0 Å². The number of primary sulfonamides is 1. The van der Waals surface area contributed by atoms with Crippen LogP contribution in [0, 0.1) is 11.5 Å². The first-order chi connectivity index (χ1) is 28.5. The normalized spacial score (nSPS) is 21.0. The van der Waals surface area contributed by atoms with Crippen molar-refractivity contribution in [2.45, 2.75) is 61.3 Å². The van der Waals surface area contributed by atoms with Crippen LogP contribution in [-0.4, -0.2) is 102 Å². The Kier molecular flexibility index (Phi) is 10.9. The average molecular weight is 820 g/mol. The third-order valence-electron chi connectivity index (χ3n) is 10.3. The van der Waals surface area contributed by atoms with Gasteiger partial charge in [0.25, 0.3) is 0 Å². The van der Waals surface area contributed by atoms with Gasteiger partial charge in [-0.25, -0.2) is 28.4 Å². The second-order valence-corrected chi connectivity index (χ2v) is 15.6. The molecule has 20 nitrogen and oxygen atoms in total. The molecule has 0 spiro atoms. The number of aromatic nitrogens is 8. The number of tetrazole rings is 1. The maximum Gasteiger partial charge on any atom is 0.238 e. The van der Waals surface area contributed by atoms with Gasteiger partial charge in [0.05, 0.1) is 29.5 Å². The van der Waals surface area contributed by atoms with Gasteiger partial charge in [0.2, 0.25) is 27.8 Å². The molecule has 2 aliphatic rings. The molecule has 304 valence electrons. The minimum atomic E-state index is -4.03. The number of aliphatic imine (C=N–C) groups is 1. The standard InChI is InChI=1S/C38H41N15O5S/c1-2-53-48-34(47-49-53)32-30(54)31(55)36(58-32)52-22-43-29-33(42-19-28(23-10-5-3-6-11-23)24-12-7-4-8-13-24)45-38(46-35(29)52)50-17-16-25(20-50)44-37(40)51(21-39)26-14-9-15-27(18-26)59(41,56)57/h3-15,18,22,25,28,30-32,36,54-55H,2,16-17,19-20H2,1H3,(H2,40,44)(H2,41,56,57)(H,42,45,46). The van der Waals surface area contributed by atoms with Crippen molar-refractivity contribution in [3.63, 3.8) is 0 Å². The number of imidazole rings is 1. The zero-order valence-corrected chi connectivity index (χ0v) is 32.5. The van der Waals surface area contributed by atoms with Crippen molar-refractivity contribution in [2.75, 3.05) is 34.8 Å². The summed E-state index contributed by atoms with van der Waals surface area (Å²) in [6.07, 6.45) is -0.988. The summed E-state index contributed by atoms with van der Waals surface area (Å²) in [7, 11) is -4.03. The van der Waals surface area contributed by atoms with E-state index in [-0.39, 0.29) is 28.3 Å². The highest BCUT2D eigenvalue weighted by Gasteiger charge is 2.47. The Morgan fingerprint density at radius 2 is 1.80 bits per heavy atom. The minimum absolute atomic E-state index is 0.0601. The molecule has 5 unspecified atom stereocenters. The molecule has 2 fully saturated rings. The SMILES string of the molecule is CCn1nnc(C2OC(n3cnc4c(NCC(c5ccccc5)c5ccccc5)nc(N5CCC(N=C(N)N(C#N)c6cccc(S(N)(=O)=O)c6)C5)nc43)C(O)C2O)n1. The van der Waals surface area contributed by atoms with Gasteiger partial charge in [-0.2, -0.15) is 20.0 Å². The molecule has 5 atom stereocenters. The van der Waals surface area contributed by atoms with Crippen LogP contribution in [0.4, 0.5) is 17.5 Å². The Labute approximate surface area is 338 Å². The van der Waals surface area contributed by atoms with Gasteiger partial charge in [0.15, 0.2) is 35.5 Å². The van der Waals surface area contributed by atoms with E-state index in [1.807, 2.05) is 54.4 Å². The van der Waals surface area contributed by atoms with E-state index in [0.717, 1.165) is 16.0 Å². The predicted octanol–water partition coefficient (Wildman–Crippen LogP) is 1.60. The van der Waals surface area contributed by atoms with Gasteiger partial charge in [-0.05, 0) is 47.9 Å². The lowest BCUT2D eigenvalue weighted by molar-refractivity contribution is -0.0384. The summed E-state index contributed by atoms with van der Waals surface area (Å²) < 4.78 is 31.7. The molecular formula is C38H41N15O5S. The summed E-state index contributed by atoms with van der Waals surface area (Å²) in [5.74, 6) is 0.684. The van der Waals surface area contributed by atoms with E-state index in [4.69, 9.17) is 25.6 Å². The molecule has 0 saturated carbocycles. The highest BCUT2D eigenvalue weighted by molar-refractivity contribution is 7.89. The van der Waals surface area contributed by atoms with Crippen LogP contribution in [0.2, 0.25) is 0 Å². The molecule has 2 saturated heterocycles. The van der Waals surface area contributed by atoms with Crippen molar-refractivity contribution in [3.05, 3.63) is 108 Å². The van der Waals surface area contributed by atoms with Crippen molar-refractivity contribution in [1.29, 1.82) is 5.26 Å². The van der Waals surface area contributed by atoms with Gasteiger partial charge in [-0.1, -0.05) is 66.7 Å². The number of nitrogens with two attached hydrogens (primary N) is 2. The van der Waals surface area contributed by atoms with Crippen LogP contribution < -0.4 is 26.0 Å². The molecule has 0 radical (unpaired) electrons. The molecule has 21 heteroatoms. The van der Waals surface area contributed by atoms with Crippen LogP contribution >= 0.6 is 0 Å². The molecule has 3 aromatic carbocycles. The van der Waals surface area contributed by atoms with E-state index in [1.165, 1.54) is 35.4 Å². The monoisotopic (exact) mass is 819 g/mol. The van der Waals surface area contributed by atoms with Crippen molar-refractivity contribution >= 4 is 44.6 Å². The number of nitrogens with one attached hydrogen (secondary N) is 1. The molecule has 3 aromatic heterocycles. The molecule has 0 amide bonds. The first kappa shape index (κ1) is 39.3. The van der Waals surface area contributed by atoms with Crippen molar-refractivity contribution < 1.29 is 23.4 Å². The Bertz CT molecular complexity index is 2580. The maximum atomic E-state index is 12.0. The second-order valence-electron chi connectivity index (χ2n) is 14.1. The third-order valence-corrected chi connectivity index (χ3v) is 11.2. The zero-order chi connectivity index (χ0) is 41.3. The van der Waals surface area contributed by atoms with Crippen LogP contribution in [-0.2, 0) is 21.3 Å². The maximum absolute atomic E-state index is 12.0. The predicted molar refractivity (Wildman–Crippen MR) is 215 cm³/mol. The number of nitrogens with zero attached hydrogens (tertiary/aromatic N) is 12. The van der Waals surface area contributed by atoms with Crippen molar-refractivity contribution in [2.24, 2.45) is 15.9 Å². The van der Waals surface area contributed by atoms with Crippen LogP contribution in [0.15, 0.2) is 101 Å². The number of sulfonamides is 1. The number of anilines is 3. The van der Waals surface area contributed by atoms with E-state index in [0.29, 0.717) is 55.5 Å². The molecule has 6 aromatic rings. The smallest absolute Gasteiger partial charge is 0.238 e. The summed E-state index contributed by atoms with van der Waals surface area (Å²) >= 11 is 0. The first-order valence-electron chi connectivity index (χ1n) is 18.8. The van der Waals surface area contributed by atoms with Crippen molar-refractivity contribution in [1.82, 2.24) is 39.7 Å². The molecule has 0 bridgehead atoms. The Balaban J connectivity index is 1.12. The molecule has 0 aliphatic carbocycles. The van der Waals surface area contributed by atoms with Crippen LogP contribution in [0.25, 0.3) is 11.2 Å². The summed E-state index contributed by atoms with van der Waals surface area (Å²) in [6.45, 7) is 3.53. The third kappa shape index (κ3) is 7.99. The number of nitriles is 1. The van der Waals surface area contributed by atoms with Gasteiger partial charge in [0.1, 0.15) is 12.2 Å². The number of rotatable bonds is 12. The van der Waals surface area contributed by atoms with E-state index < -0.39 is 40.6 Å². The van der Waals surface area contributed by atoms with Gasteiger partial charge >= 0.3 is 0 Å². The lowest BCUT2D eigenvalue weighted by atomic mass is 9.91. The Morgan fingerprint density at radius 3 is 2.46 bits per heavy atom. The lowest BCUT2D eigenvalue weighted by Gasteiger charge is -2.22. The average Bonchev–Trinajstić information content (AvgIpc) is 4.06. The molecule has 2 aliphatic heterocycles. The number of aryl methyl sites for hydroxylation is 1. The number of fused-ring (bicyclic) bond motifs is 1. The quantitative estimate of drug-likeness (QED) is 0.0507. The Morgan fingerprint density at radius 1 is 1.07 bits per heavy atom. The number of guanidine groups is 1. The number of aliphatic hydroxyl groups is 2. The van der Waals surface area contributed by atoms with E-state index in [1.54, 1.807) is 4.57 Å². The number of aliphatic hydroxyl groups excluding tert-OH is 2. The molecule has 7 N–H and O–H groups in total. The highest BCUT2D eigenvalue weighted by Crippen LogP contribution is 2.39. The summed E-state index contributed by atoms with van der Waals surface area (Å²) in [6, 6.07) is 25.4. The van der Waals surface area contributed by atoms with Gasteiger partial charge < -0.3 is 30.9 Å². The van der Waals surface area contributed by atoms with Gasteiger partial charge in [-0.3, -0.25) is 4.57 Å². The summed E-state index contributed by atoms with van der Waals surface area (Å²) in [5.41, 5.74) is 9.45. The molecule has 59 heavy (non-hydrogen) atoms. The highest BCUT2D eigenvalue weighted by atomic mass is 32.2. The fraction of sp³-hybridized carbons (Fsp3) is 0.316. The molecule has 8 rings (SSSR count). The van der Waals surface area contributed by atoms with Gasteiger partial charge in [-0.15, -0.1) is 10.2 Å². The van der Waals surface area contributed by atoms with Crippen LogP contribution in [0.3, 0.4) is 0 Å². The topological polar surface area (TPSA) is 278 Å². The molecular weight excluding hydrogens is 779 g/mol. The van der Waals surface area contributed by atoms with Gasteiger partial charge in [0, 0.05) is 25.6 Å². The first-order valence-corrected chi connectivity index (χ1v) is 20.4. The summed E-state index contributed by atoms with van der Waals surface area (Å²) in [5, 5.41) is 53.5. The molecule has 5 heterocycles. The number of benzene rings is 3. The fourth-order valence-electron chi connectivity index (χ4n) is 7.27. The van der Waals surface area contributed by atoms with Crippen LogP contribution in [0.1, 0.15) is 48.5 Å². The summed E-state index contributed by atoms with van der Waals surface area (Å²) in [4.78, 5) is 23.3. The number of hydrogen-bond acceptors (Lipinski definition) is 15. The van der Waals surface area contributed by atoms with Crippen molar-refractivity contribution in [3.8, 4) is 6.19 Å². The second kappa shape index (κ2) is 16.4. The Hall–Kier alpha value is -6.57. The lowest BCUT2D eigenvalue weighted by Crippen LogP contribution is -2.35. The number of ether oxygens (including phenoxy) is 1. The van der Waals surface area contributed by atoms with E-state index in [9.17, 15) is 23.9 Å². The zero-order valence-electron chi connectivity index (χ0n) is 31.7. The fourth-order valence-corrected chi connectivity index (χ4v) is 7.83.